The van der Waals surface area contributed by atoms with Crippen molar-refractivity contribution < 1.29 is 8.42 Å². The van der Waals surface area contributed by atoms with Crippen molar-refractivity contribution in [2.45, 2.75) is 72.0 Å². The molecule has 0 amide bonds. The second-order valence-electron chi connectivity index (χ2n) is 6.00. The van der Waals surface area contributed by atoms with Crippen LogP contribution in [0.3, 0.4) is 0 Å². The van der Waals surface area contributed by atoms with Crippen LogP contribution in [0.1, 0.15) is 66.7 Å². The van der Waals surface area contributed by atoms with Gasteiger partial charge < -0.3 is 0 Å². The predicted molar refractivity (Wildman–Crippen MR) is 94.3 cm³/mol. The maximum Gasteiger partial charge on any atom is 0.156 e. The molecule has 0 spiro atoms. The lowest BCUT2D eigenvalue weighted by molar-refractivity contribution is 0.586. The van der Waals surface area contributed by atoms with Gasteiger partial charge >= 0.3 is 0 Å². The first-order valence-corrected chi connectivity index (χ1v) is 9.70. The summed E-state index contributed by atoms with van der Waals surface area (Å²) in [6.45, 7) is 10.1. The van der Waals surface area contributed by atoms with Gasteiger partial charge in [0.25, 0.3) is 0 Å². The Morgan fingerprint density at radius 2 is 1.81 bits per heavy atom. The molecule has 0 bridgehead atoms. The van der Waals surface area contributed by atoms with E-state index >= 15 is 0 Å². The molecule has 0 radical (unpaired) electrons. The van der Waals surface area contributed by atoms with E-state index in [0.717, 1.165) is 32.1 Å². The number of allylic oxidation sites excluding steroid dienone is 5. The Balaban J connectivity index is 4.35. The molecule has 0 aromatic heterocycles. The standard InChI is InChI=1S/C18H32O2S/c1-6-7-8-15-21(19,20)18(5)14-10-13-17(4)12-9-11-16(2)3/h10-11,13-14,18H,6-9,12,15H2,1-5H3/b14-10+,17-13+. The molecule has 0 aliphatic rings. The molecule has 122 valence electrons. The summed E-state index contributed by atoms with van der Waals surface area (Å²) in [5.74, 6) is 0.301. The summed E-state index contributed by atoms with van der Waals surface area (Å²) >= 11 is 0. The minimum absolute atomic E-state index is 0.301. The maximum absolute atomic E-state index is 12.0. The van der Waals surface area contributed by atoms with E-state index < -0.39 is 15.1 Å². The van der Waals surface area contributed by atoms with Crippen molar-refractivity contribution in [3.05, 3.63) is 35.5 Å². The Hall–Kier alpha value is -0.830. The van der Waals surface area contributed by atoms with Crippen LogP contribution in [-0.2, 0) is 9.84 Å². The smallest absolute Gasteiger partial charge is 0.156 e. The average Bonchev–Trinajstić information content (AvgIpc) is 2.38. The Bertz CT molecular complexity index is 463. The number of sulfone groups is 1. The van der Waals surface area contributed by atoms with Crippen molar-refractivity contribution in [2.24, 2.45) is 0 Å². The fraction of sp³-hybridized carbons (Fsp3) is 0.667. The van der Waals surface area contributed by atoms with Crippen LogP contribution < -0.4 is 0 Å². The monoisotopic (exact) mass is 312 g/mol. The SMILES string of the molecule is CCCCCS(=O)(=O)C(C)/C=C/C=C(\C)CCC=C(C)C. The van der Waals surface area contributed by atoms with Gasteiger partial charge in [0.1, 0.15) is 0 Å². The topological polar surface area (TPSA) is 34.1 Å². The lowest BCUT2D eigenvalue weighted by Gasteiger charge is -2.08. The molecule has 0 fully saturated rings. The Labute approximate surface area is 131 Å². The molecule has 0 aliphatic carbocycles. The molecule has 0 aromatic rings. The minimum Gasteiger partial charge on any atom is -0.228 e. The van der Waals surface area contributed by atoms with E-state index in [2.05, 4.69) is 33.8 Å². The highest BCUT2D eigenvalue weighted by atomic mass is 32.2. The van der Waals surface area contributed by atoms with Crippen molar-refractivity contribution >= 4 is 9.84 Å². The van der Waals surface area contributed by atoms with Gasteiger partial charge in [-0.3, -0.25) is 0 Å². The van der Waals surface area contributed by atoms with Crippen LogP contribution in [0.25, 0.3) is 0 Å². The van der Waals surface area contributed by atoms with Gasteiger partial charge in [-0.25, -0.2) is 8.42 Å². The average molecular weight is 313 g/mol. The normalized spacial score (nSPS) is 14.4. The van der Waals surface area contributed by atoms with E-state index in [4.69, 9.17) is 0 Å². The highest BCUT2D eigenvalue weighted by Crippen LogP contribution is 2.10. The summed E-state index contributed by atoms with van der Waals surface area (Å²) in [5.41, 5.74) is 2.62. The lowest BCUT2D eigenvalue weighted by atomic mass is 10.1. The first kappa shape index (κ1) is 20.2. The molecule has 1 atom stereocenters. The zero-order chi connectivity index (χ0) is 16.3. The van der Waals surface area contributed by atoms with Crippen molar-refractivity contribution in [2.75, 3.05) is 5.75 Å². The Morgan fingerprint density at radius 3 is 2.38 bits per heavy atom. The van der Waals surface area contributed by atoms with E-state index in [1.54, 1.807) is 13.0 Å². The summed E-state index contributed by atoms with van der Waals surface area (Å²) in [5, 5.41) is -0.392. The highest BCUT2D eigenvalue weighted by Gasteiger charge is 2.16. The molecular formula is C18H32O2S. The summed E-state index contributed by atoms with van der Waals surface area (Å²) < 4.78 is 24.1. The summed E-state index contributed by atoms with van der Waals surface area (Å²) in [6.07, 6.45) is 12.8. The van der Waals surface area contributed by atoms with Gasteiger partial charge in [0, 0.05) is 0 Å². The van der Waals surface area contributed by atoms with Gasteiger partial charge in [-0.1, -0.05) is 55.2 Å². The zero-order valence-corrected chi connectivity index (χ0v) is 15.2. The van der Waals surface area contributed by atoms with Crippen molar-refractivity contribution in [3.63, 3.8) is 0 Å². The third kappa shape index (κ3) is 10.5. The summed E-state index contributed by atoms with van der Waals surface area (Å²) in [7, 11) is -2.98. The number of unbranched alkanes of at least 4 members (excludes halogenated alkanes) is 2. The number of hydrogen-bond donors (Lipinski definition) is 0. The van der Waals surface area contributed by atoms with Crippen LogP contribution in [0.2, 0.25) is 0 Å². The molecule has 0 heterocycles. The zero-order valence-electron chi connectivity index (χ0n) is 14.4. The maximum atomic E-state index is 12.0. The molecule has 0 saturated heterocycles. The summed E-state index contributed by atoms with van der Waals surface area (Å²) in [4.78, 5) is 0. The fourth-order valence-electron chi connectivity index (χ4n) is 1.91. The van der Waals surface area contributed by atoms with E-state index in [1.165, 1.54) is 11.1 Å². The molecule has 0 aliphatic heterocycles. The summed E-state index contributed by atoms with van der Waals surface area (Å²) in [6, 6.07) is 0. The molecule has 0 N–H and O–H groups in total. The van der Waals surface area contributed by atoms with Crippen molar-refractivity contribution in [3.8, 4) is 0 Å². The molecule has 0 saturated carbocycles. The van der Waals surface area contributed by atoms with E-state index in [0.29, 0.717) is 5.75 Å². The van der Waals surface area contributed by atoms with Crippen LogP contribution in [0, 0.1) is 0 Å². The van der Waals surface area contributed by atoms with Crippen LogP contribution in [0.15, 0.2) is 35.5 Å². The second kappa shape index (κ2) is 10.8. The molecule has 0 rings (SSSR count). The third-order valence-corrected chi connectivity index (χ3v) is 5.60. The largest absolute Gasteiger partial charge is 0.228 e. The highest BCUT2D eigenvalue weighted by molar-refractivity contribution is 7.92. The Morgan fingerprint density at radius 1 is 1.14 bits per heavy atom. The van der Waals surface area contributed by atoms with Gasteiger partial charge in [0.2, 0.25) is 0 Å². The van der Waals surface area contributed by atoms with Crippen LogP contribution >= 0.6 is 0 Å². The lowest BCUT2D eigenvalue weighted by Crippen LogP contribution is -2.18. The molecule has 3 heteroatoms. The number of rotatable bonds is 10. The molecular weight excluding hydrogens is 280 g/mol. The molecule has 2 nitrogen and oxygen atoms in total. The minimum atomic E-state index is -2.98. The molecule has 1 unspecified atom stereocenters. The van der Waals surface area contributed by atoms with Crippen LogP contribution in [0.4, 0.5) is 0 Å². The van der Waals surface area contributed by atoms with Crippen LogP contribution in [0.5, 0.6) is 0 Å². The third-order valence-electron chi connectivity index (χ3n) is 3.45. The van der Waals surface area contributed by atoms with Crippen molar-refractivity contribution in [1.29, 1.82) is 0 Å². The van der Waals surface area contributed by atoms with Crippen molar-refractivity contribution in [1.82, 2.24) is 0 Å². The van der Waals surface area contributed by atoms with Gasteiger partial charge in [-0.05, 0) is 47.0 Å². The quantitative estimate of drug-likeness (QED) is 0.314. The predicted octanol–water partition coefficient (Wildman–Crippen LogP) is 5.23. The molecule has 0 aromatic carbocycles. The first-order chi connectivity index (χ1) is 9.79. The fourth-order valence-corrected chi connectivity index (χ4v) is 3.22. The van der Waals surface area contributed by atoms with Gasteiger partial charge in [0.15, 0.2) is 9.84 Å². The first-order valence-electron chi connectivity index (χ1n) is 7.98. The van der Waals surface area contributed by atoms with Crippen LogP contribution in [-0.4, -0.2) is 19.4 Å². The Kier molecular flexibility index (Phi) is 10.4. The second-order valence-corrected chi connectivity index (χ2v) is 8.47. The van der Waals surface area contributed by atoms with Gasteiger partial charge in [-0.15, -0.1) is 0 Å². The molecule has 21 heavy (non-hydrogen) atoms. The van der Waals surface area contributed by atoms with Gasteiger partial charge in [-0.2, -0.15) is 0 Å². The van der Waals surface area contributed by atoms with E-state index in [-0.39, 0.29) is 0 Å². The van der Waals surface area contributed by atoms with E-state index in [9.17, 15) is 8.42 Å². The van der Waals surface area contributed by atoms with Gasteiger partial charge in [0.05, 0.1) is 11.0 Å². The van der Waals surface area contributed by atoms with E-state index in [1.807, 2.05) is 12.2 Å². The number of hydrogen-bond acceptors (Lipinski definition) is 2.